The van der Waals surface area contributed by atoms with Crippen molar-refractivity contribution in [3.05, 3.63) is 22.8 Å². The van der Waals surface area contributed by atoms with Gasteiger partial charge >= 0.3 is 0 Å². The Morgan fingerprint density at radius 3 is 2.28 bits per heavy atom. The van der Waals surface area contributed by atoms with Crippen LogP contribution in [0.2, 0.25) is 0 Å². The summed E-state index contributed by atoms with van der Waals surface area (Å²) in [7, 11) is 3.44. The molecule has 0 saturated heterocycles. The summed E-state index contributed by atoms with van der Waals surface area (Å²) in [4.78, 5) is 13.2. The first-order valence-corrected chi connectivity index (χ1v) is 9.48. The van der Waals surface area contributed by atoms with E-state index in [1.807, 2.05) is 0 Å². The van der Waals surface area contributed by atoms with Gasteiger partial charge in [0, 0.05) is 28.9 Å². The van der Waals surface area contributed by atoms with Gasteiger partial charge in [-0.15, -0.1) is 0 Å². The molecule has 0 heterocycles. The predicted molar refractivity (Wildman–Crippen MR) is 101 cm³/mol. The summed E-state index contributed by atoms with van der Waals surface area (Å²) in [5.74, 6) is 2.44. The molecule has 2 aliphatic carbocycles. The average molecular weight is 344 g/mol. The van der Waals surface area contributed by atoms with Gasteiger partial charge in [-0.2, -0.15) is 0 Å². The number of fused-ring (bicyclic) bond motifs is 3. The van der Waals surface area contributed by atoms with E-state index >= 15 is 0 Å². The van der Waals surface area contributed by atoms with E-state index in [1.165, 1.54) is 5.56 Å². The third kappa shape index (κ3) is 2.58. The second-order valence-electron chi connectivity index (χ2n) is 9.06. The third-order valence-corrected chi connectivity index (χ3v) is 6.57. The molecule has 1 saturated carbocycles. The zero-order valence-electron chi connectivity index (χ0n) is 16.8. The molecule has 2 atom stereocenters. The van der Waals surface area contributed by atoms with Gasteiger partial charge in [-0.25, -0.2) is 0 Å². The molecule has 1 aromatic rings. The lowest BCUT2D eigenvalue weighted by Crippen LogP contribution is -2.52. The van der Waals surface area contributed by atoms with E-state index in [0.717, 1.165) is 41.9 Å². The molecule has 0 bridgehead atoms. The molecule has 0 amide bonds. The second kappa shape index (κ2) is 6.03. The number of hydrogen-bond donors (Lipinski definition) is 0. The zero-order valence-corrected chi connectivity index (χ0v) is 16.8. The summed E-state index contributed by atoms with van der Waals surface area (Å²) < 4.78 is 11.7. The number of rotatable bonds is 3. The predicted octanol–water partition coefficient (Wildman–Crippen LogP) is 5.04. The molecule has 3 rings (SSSR count). The van der Waals surface area contributed by atoms with Crippen molar-refractivity contribution < 1.29 is 14.3 Å². The summed E-state index contributed by atoms with van der Waals surface area (Å²) in [5, 5.41) is 0. The third-order valence-electron chi connectivity index (χ3n) is 6.57. The number of carbonyl (C=O) groups is 1. The Morgan fingerprint density at radius 2 is 1.72 bits per heavy atom. The Labute approximate surface area is 152 Å². The molecule has 138 valence electrons. The van der Waals surface area contributed by atoms with Crippen LogP contribution in [-0.2, 0) is 16.6 Å². The summed E-state index contributed by atoms with van der Waals surface area (Å²) >= 11 is 0. The summed E-state index contributed by atoms with van der Waals surface area (Å²) in [6.07, 6.45) is 3.79. The molecular formula is C22H32O3. The Morgan fingerprint density at radius 1 is 1.08 bits per heavy atom. The highest BCUT2D eigenvalue weighted by molar-refractivity contribution is 5.89. The summed E-state index contributed by atoms with van der Waals surface area (Å²) in [6, 6.07) is 2.20. The van der Waals surface area contributed by atoms with E-state index in [1.54, 1.807) is 14.2 Å². The standard InChI is InChI=1S/C22H32O3/c1-13(2)15-11-14-12-16(23)20-21(3,4)9-8-10-22(20,5)17(14)19(25-7)18(15)24-6/h11,13,20H,8-10,12H2,1-7H3/t20-,22+/m0/s1. The summed E-state index contributed by atoms with van der Waals surface area (Å²) in [6.45, 7) is 11.1. The number of Topliss-reactive ketones (excluding diaryl/α,β-unsaturated/α-hetero) is 1. The van der Waals surface area contributed by atoms with Crippen LogP contribution in [0.25, 0.3) is 0 Å². The van der Waals surface area contributed by atoms with Gasteiger partial charge in [0.1, 0.15) is 5.78 Å². The number of ketones is 1. The molecule has 0 spiro atoms. The minimum atomic E-state index is -0.180. The van der Waals surface area contributed by atoms with Crippen molar-refractivity contribution in [1.82, 2.24) is 0 Å². The Hall–Kier alpha value is -1.51. The number of carbonyl (C=O) groups excluding carboxylic acids is 1. The van der Waals surface area contributed by atoms with Gasteiger partial charge in [0.2, 0.25) is 0 Å². The Kier molecular flexibility index (Phi) is 4.41. The van der Waals surface area contributed by atoms with E-state index < -0.39 is 0 Å². The van der Waals surface area contributed by atoms with Crippen molar-refractivity contribution in [1.29, 1.82) is 0 Å². The quantitative estimate of drug-likeness (QED) is 0.771. The van der Waals surface area contributed by atoms with Crippen molar-refractivity contribution >= 4 is 5.78 Å². The van der Waals surface area contributed by atoms with Crippen LogP contribution in [-0.4, -0.2) is 20.0 Å². The molecule has 0 N–H and O–H groups in total. The van der Waals surface area contributed by atoms with Gasteiger partial charge in [-0.3, -0.25) is 4.79 Å². The van der Waals surface area contributed by atoms with Crippen LogP contribution >= 0.6 is 0 Å². The molecule has 0 radical (unpaired) electrons. The van der Waals surface area contributed by atoms with Crippen molar-refractivity contribution in [3.8, 4) is 11.5 Å². The van der Waals surface area contributed by atoms with E-state index in [9.17, 15) is 4.79 Å². The fourth-order valence-corrected chi connectivity index (χ4v) is 5.73. The average Bonchev–Trinajstić information content (AvgIpc) is 2.51. The largest absolute Gasteiger partial charge is 0.493 e. The van der Waals surface area contributed by atoms with Gasteiger partial charge in [0.05, 0.1) is 14.2 Å². The lowest BCUT2D eigenvalue weighted by atomic mass is 9.49. The Balaban J connectivity index is 2.32. The molecule has 0 unspecified atom stereocenters. The first kappa shape index (κ1) is 18.3. The monoisotopic (exact) mass is 344 g/mol. The number of ether oxygens (including phenoxy) is 2. The van der Waals surface area contributed by atoms with Crippen LogP contribution in [0.4, 0.5) is 0 Å². The summed E-state index contributed by atoms with van der Waals surface area (Å²) in [5.41, 5.74) is 3.33. The molecule has 0 aliphatic heterocycles. The van der Waals surface area contributed by atoms with Crippen LogP contribution in [0, 0.1) is 11.3 Å². The van der Waals surface area contributed by atoms with Gasteiger partial charge in [-0.1, -0.05) is 47.1 Å². The van der Waals surface area contributed by atoms with Gasteiger partial charge < -0.3 is 9.47 Å². The van der Waals surface area contributed by atoms with Crippen molar-refractivity contribution in [2.24, 2.45) is 11.3 Å². The first-order chi connectivity index (χ1) is 11.7. The van der Waals surface area contributed by atoms with E-state index in [0.29, 0.717) is 18.1 Å². The number of methoxy groups -OCH3 is 2. The van der Waals surface area contributed by atoms with Gasteiger partial charge in [-0.05, 0) is 29.7 Å². The molecule has 3 heteroatoms. The number of benzene rings is 1. The normalized spacial score (nSPS) is 27.7. The van der Waals surface area contributed by atoms with Crippen LogP contribution in [0.15, 0.2) is 6.07 Å². The lowest BCUT2D eigenvalue weighted by Gasteiger charge is -2.53. The van der Waals surface area contributed by atoms with Crippen LogP contribution in [0.5, 0.6) is 11.5 Å². The maximum atomic E-state index is 13.2. The lowest BCUT2D eigenvalue weighted by molar-refractivity contribution is -0.132. The van der Waals surface area contributed by atoms with Gasteiger partial charge in [0.25, 0.3) is 0 Å². The SMILES string of the molecule is COc1c(C(C)C)cc2c(c1OC)[C@@]1(C)CCCC(C)(C)[C@@H]1C(=O)C2. The minimum absolute atomic E-state index is 0.0245. The molecule has 3 nitrogen and oxygen atoms in total. The second-order valence-corrected chi connectivity index (χ2v) is 9.06. The van der Waals surface area contributed by atoms with Gasteiger partial charge in [0.15, 0.2) is 11.5 Å². The maximum Gasteiger partial charge on any atom is 0.165 e. The fraction of sp³-hybridized carbons (Fsp3) is 0.682. The van der Waals surface area contributed by atoms with E-state index in [-0.39, 0.29) is 16.7 Å². The van der Waals surface area contributed by atoms with Crippen molar-refractivity contribution in [2.75, 3.05) is 14.2 Å². The molecular weight excluding hydrogens is 312 g/mol. The van der Waals surface area contributed by atoms with Crippen molar-refractivity contribution in [3.63, 3.8) is 0 Å². The molecule has 2 aliphatic rings. The molecule has 0 aromatic heterocycles. The molecule has 1 aromatic carbocycles. The topological polar surface area (TPSA) is 35.5 Å². The van der Waals surface area contributed by atoms with E-state index in [4.69, 9.17) is 9.47 Å². The molecule has 25 heavy (non-hydrogen) atoms. The van der Waals surface area contributed by atoms with Crippen LogP contribution in [0.3, 0.4) is 0 Å². The molecule has 1 fully saturated rings. The highest BCUT2D eigenvalue weighted by Crippen LogP contribution is 2.59. The maximum absolute atomic E-state index is 13.2. The number of hydrogen-bond acceptors (Lipinski definition) is 3. The first-order valence-electron chi connectivity index (χ1n) is 9.48. The minimum Gasteiger partial charge on any atom is -0.493 e. The highest BCUT2D eigenvalue weighted by Gasteiger charge is 2.55. The zero-order chi connectivity index (χ0) is 18.6. The highest BCUT2D eigenvalue weighted by atomic mass is 16.5. The van der Waals surface area contributed by atoms with Crippen molar-refractivity contribution in [2.45, 2.75) is 71.6 Å². The van der Waals surface area contributed by atoms with E-state index in [2.05, 4.69) is 40.7 Å². The smallest absolute Gasteiger partial charge is 0.165 e. The Bertz CT molecular complexity index is 702. The van der Waals surface area contributed by atoms with Crippen LogP contribution in [0.1, 0.15) is 76.5 Å². The van der Waals surface area contributed by atoms with Crippen LogP contribution < -0.4 is 9.47 Å². The fourth-order valence-electron chi connectivity index (χ4n) is 5.73.